The summed E-state index contributed by atoms with van der Waals surface area (Å²) in [6, 6.07) is 1.84. The van der Waals surface area contributed by atoms with Gasteiger partial charge in [0.05, 0.1) is 0 Å². The summed E-state index contributed by atoms with van der Waals surface area (Å²) in [6.07, 6.45) is 16.6. The minimum absolute atomic E-state index is 0.204. The maximum Gasteiger partial charge on any atom is 0.225 e. The molecule has 6 nitrogen and oxygen atoms in total. The van der Waals surface area contributed by atoms with Crippen molar-refractivity contribution in [2.45, 2.75) is 103 Å². The highest BCUT2D eigenvalue weighted by Gasteiger charge is 2.41. The molecule has 2 unspecified atom stereocenters. The smallest absolute Gasteiger partial charge is 0.225 e. The minimum Gasteiger partial charge on any atom is -0.332 e. The summed E-state index contributed by atoms with van der Waals surface area (Å²) in [4.78, 5) is 24.0. The quantitative estimate of drug-likeness (QED) is 0.696. The molecule has 0 spiro atoms. The third-order valence-electron chi connectivity index (χ3n) is 7.15. The fourth-order valence-electron chi connectivity index (χ4n) is 4.94. The van der Waals surface area contributed by atoms with Gasteiger partial charge in [-0.15, -0.1) is 0 Å². The van der Waals surface area contributed by atoms with E-state index in [9.17, 15) is 4.79 Å². The zero-order valence-corrected chi connectivity index (χ0v) is 20.8. The van der Waals surface area contributed by atoms with Crippen LogP contribution in [0, 0.1) is 5.92 Å². The van der Waals surface area contributed by atoms with E-state index in [1.807, 2.05) is 26.2 Å². The van der Waals surface area contributed by atoms with Crippen molar-refractivity contribution in [1.82, 2.24) is 20.2 Å². The predicted molar refractivity (Wildman–Crippen MR) is 132 cm³/mol. The number of hydrogen-bond donors (Lipinski definition) is 1. The van der Waals surface area contributed by atoms with Crippen molar-refractivity contribution < 1.29 is 4.79 Å². The molecule has 180 valence electrons. The highest BCUT2D eigenvalue weighted by molar-refractivity contribution is 5.51. The molecule has 6 heteroatoms. The van der Waals surface area contributed by atoms with Crippen LogP contribution in [0.4, 0.5) is 5.95 Å². The van der Waals surface area contributed by atoms with Crippen LogP contribution in [-0.4, -0.2) is 65.5 Å². The third-order valence-corrected chi connectivity index (χ3v) is 7.15. The number of carbonyl (C=O) groups excluding carboxylic acids is 1. The number of hydrogen-bond acceptors (Lipinski definition) is 6. The second-order valence-electron chi connectivity index (χ2n) is 10.5. The van der Waals surface area contributed by atoms with Crippen molar-refractivity contribution in [3.63, 3.8) is 0 Å². The zero-order chi connectivity index (χ0) is 22.9. The first kappa shape index (κ1) is 25.1. The molecule has 5 rings (SSSR count). The van der Waals surface area contributed by atoms with Gasteiger partial charge in [0.25, 0.3) is 0 Å². The topological polar surface area (TPSA) is 61.4 Å². The summed E-state index contributed by atoms with van der Waals surface area (Å²) in [6.45, 7) is 12.8. The molecule has 3 saturated heterocycles. The summed E-state index contributed by atoms with van der Waals surface area (Å²) in [5.74, 6) is 1.77. The van der Waals surface area contributed by atoms with Gasteiger partial charge in [0.1, 0.15) is 6.29 Å². The number of carbonyl (C=O) groups is 1. The SMILES string of the molecule is C1CCCCC1.CC(C)C=O.CC(C)N1CC2CCC(C1)N2c1ncc(C2CNC2)cn1. The van der Waals surface area contributed by atoms with Crippen LogP contribution in [0.3, 0.4) is 0 Å². The van der Waals surface area contributed by atoms with E-state index in [0.29, 0.717) is 24.0 Å². The van der Waals surface area contributed by atoms with Crippen molar-refractivity contribution in [2.75, 3.05) is 31.1 Å². The lowest BCUT2D eigenvalue weighted by Crippen LogP contribution is -2.56. The van der Waals surface area contributed by atoms with Gasteiger partial charge in [0, 0.05) is 68.5 Å². The molecule has 1 aromatic heterocycles. The zero-order valence-electron chi connectivity index (χ0n) is 20.8. The highest BCUT2D eigenvalue weighted by Crippen LogP contribution is 2.33. The van der Waals surface area contributed by atoms with Gasteiger partial charge in [-0.1, -0.05) is 52.4 Å². The Morgan fingerprint density at radius 2 is 1.38 bits per heavy atom. The molecule has 3 aliphatic heterocycles. The Labute approximate surface area is 195 Å². The van der Waals surface area contributed by atoms with Gasteiger partial charge >= 0.3 is 0 Å². The molecule has 1 N–H and O–H groups in total. The number of anilines is 1. The monoisotopic (exact) mass is 443 g/mol. The minimum atomic E-state index is 0.204. The second-order valence-corrected chi connectivity index (χ2v) is 10.5. The van der Waals surface area contributed by atoms with Crippen LogP contribution in [0.25, 0.3) is 0 Å². The molecule has 4 fully saturated rings. The van der Waals surface area contributed by atoms with Crippen LogP contribution in [0.5, 0.6) is 0 Å². The van der Waals surface area contributed by atoms with Gasteiger partial charge in [-0.2, -0.15) is 0 Å². The molecule has 2 bridgehead atoms. The number of piperazine rings is 1. The number of fused-ring (bicyclic) bond motifs is 2. The number of nitrogens with zero attached hydrogens (tertiary/aromatic N) is 4. The molecular formula is C26H45N5O. The molecule has 0 aromatic carbocycles. The first-order valence-corrected chi connectivity index (χ1v) is 13.0. The van der Waals surface area contributed by atoms with Crippen LogP contribution in [0.1, 0.15) is 90.5 Å². The highest BCUT2D eigenvalue weighted by atomic mass is 16.1. The van der Waals surface area contributed by atoms with E-state index in [0.717, 1.165) is 38.4 Å². The van der Waals surface area contributed by atoms with Crippen LogP contribution in [0.15, 0.2) is 12.4 Å². The average molecular weight is 444 g/mol. The van der Waals surface area contributed by atoms with Crippen molar-refractivity contribution in [3.8, 4) is 0 Å². The van der Waals surface area contributed by atoms with E-state index in [-0.39, 0.29) is 5.92 Å². The van der Waals surface area contributed by atoms with Crippen molar-refractivity contribution in [2.24, 2.45) is 5.92 Å². The van der Waals surface area contributed by atoms with Crippen molar-refractivity contribution >= 4 is 12.2 Å². The number of aldehydes is 1. The first-order chi connectivity index (χ1) is 15.5. The van der Waals surface area contributed by atoms with Crippen LogP contribution in [-0.2, 0) is 4.79 Å². The lowest BCUT2D eigenvalue weighted by atomic mass is 9.97. The fraction of sp³-hybridized carbons (Fsp3) is 0.808. The number of rotatable bonds is 4. The van der Waals surface area contributed by atoms with Crippen LogP contribution >= 0.6 is 0 Å². The summed E-state index contributed by atoms with van der Waals surface area (Å²) < 4.78 is 0. The molecule has 4 heterocycles. The molecular weight excluding hydrogens is 398 g/mol. The van der Waals surface area contributed by atoms with E-state index in [2.05, 4.69) is 38.9 Å². The molecule has 1 saturated carbocycles. The lowest BCUT2D eigenvalue weighted by molar-refractivity contribution is -0.110. The van der Waals surface area contributed by atoms with Gasteiger partial charge in [-0.25, -0.2) is 9.97 Å². The Morgan fingerprint density at radius 1 is 0.906 bits per heavy atom. The van der Waals surface area contributed by atoms with Gasteiger partial charge < -0.3 is 15.0 Å². The maximum atomic E-state index is 9.50. The second kappa shape index (κ2) is 12.6. The standard InChI is InChI=1S/C16H25N5.C6H12.C4H8O/c1-11(2)20-9-14-3-4-15(10-20)21(14)16-18-7-13(8-19-16)12-5-17-6-12;1-2-4-6-5-3-1;1-4(2)3-5/h7-8,11-12,14-15,17H,3-6,9-10H2,1-2H3;1-6H2;3-4H,1-2H3. The van der Waals surface area contributed by atoms with Gasteiger partial charge in [0.15, 0.2) is 0 Å². The summed E-state index contributed by atoms with van der Waals surface area (Å²) in [7, 11) is 0. The van der Waals surface area contributed by atoms with Gasteiger partial charge in [-0.3, -0.25) is 4.90 Å². The Kier molecular flexibility index (Phi) is 9.92. The van der Waals surface area contributed by atoms with Gasteiger partial charge in [0.2, 0.25) is 5.95 Å². The number of nitrogens with one attached hydrogen (secondary N) is 1. The fourth-order valence-corrected chi connectivity index (χ4v) is 4.94. The first-order valence-electron chi connectivity index (χ1n) is 13.0. The summed E-state index contributed by atoms with van der Waals surface area (Å²) >= 11 is 0. The number of aromatic nitrogens is 2. The van der Waals surface area contributed by atoms with Crippen molar-refractivity contribution in [3.05, 3.63) is 18.0 Å². The molecule has 1 aliphatic carbocycles. The van der Waals surface area contributed by atoms with Crippen molar-refractivity contribution in [1.29, 1.82) is 0 Å². The van der Waals surface area contributed by atoms with E-state index >= 15 is 0 Å². The third kappa shape index (κ3) is 6.98. The molecule has 1 aromatic rings. The molecule has 2 atom stereocenters. The van der Waals surface area contributed by atoms with E-state index < -0.39 is 0 Å². The Bertz CT molecular complexity index is 644. The largest absolute Gasteiger partial charge is 0.332 e. The van der Waals surface area contributed by atoms with E-state index in [1.54, 1.807) is 0 Å². The Morgan fingerprint density at radius 3 is 1.72 bits per heavy atom. The molecule has 32 heavy (non-hydrogen) atoms. The maximum absolute atomic E-state index is 9.50. The molecule has 0 radical (unpaired) electrons. The van der Waals surface area contributed by atoms with Crippen LogP contribution in [0.2, 0.25) is 0 Å². The Hall–Kier alpha value is -1.53. The Balaban J connectivity index is 0.000000218. The summed E-state index contributed by atoms with van der Waals surface area (Å²) in [5, 5.41) is 3.31. The van der Waals surface area contributed by atoms with Crippen LogP contribution < -0.4 is 10.2 Å². The summed E-state index contributed by atoms with van der Waals surface area (Å²) in [5.41, 5.74) is 1.28. The number of likely N-dealkylation sites (tertiary alicyclic amines) is 1. The molecule has 4 aliphatic rings. The normalized spacial score (nSPS) is 25.5. The van der Waals surface area contributed by atoms with E-state index in [1.165, 1.54) is 56.9 Å². The van der Waals surface area contributed by atoms with Gasteiger partial charge in [-0.05, 0) is 32.3 Å². The van der Waals surface area contributed by atoms with E-state index in [4.69, 9.17) is 0 Å². The predicted octanol–water partition coefficient (Wildman–Crippen LogP) is 4.41. The lowest BCUT2D eigenvalue weighted by Gasteiger charge is -2.42. The average Bonchev–Trinajstić information content (AvgIpc) is 3.04. The molecule has 0 amide bonds.